The Hall–Kier alpha value is -2.15. The number of hydrogen-bond donors (Lipinski definition) is 1. The molecular weight excluding hydrogens is 276 g/mol. The first-order valence-electron chi connectivity index (χ1n) is 5.24. The van der Waals surface area contributed by atoms with Crippen LogP contribution in [0, 0.1) is 10.1 Å². The Labute approximate surface area is 113 Å². The zero-order valence-corrected chi connectivity index (χ0v) is 10.8. The van der Waals surface area contributed by atoms with Crippen LogP contribution in [-0.4, -0.2) is 40.4 Å². The van der Waals surface area contributed by atoms with E-state index in [0.717, 1.165) is 6.07 Å². The highest BCUT2D eigenvalue weighted by molar-refractivity contribution is 6.34. The maximum absolute atomic E-state index is 11.9. The van der Waals surface area contributed by atoms with Gasteiger partial charge in [0.1, 0.15) is 0 Å². The van der Waals surface area contributed by atoms with E-state index < -0.39 is 16.8 Å². The summed E-state index contributed by atoms with van der Waals surface area (Å²) >= 11 is 5.81. The molecule has 0 unspecified atom stereocenters. The van der Waals surface area contributed by atoms with Crippen molar-refractivity contribution in [2.45, 2.75) is 6.42 Å². The fourth-order valence-corrected chi connectivity index (χ4v) is 1.62. The van der Waals surface area contributed by atoms with Crippen LogP contribution < -0.4 is 0 Å². The Morgan fingerprint density at radius 1 is 1.47 bits per heavy atom. The third-order valence-electron chi connectivity index (χ3n) is 2.40. The number of nitro benzene ring substituents is 1. The number of hydrogen-bond acceptors (Lipinski definition) is 4. The molecular formula is C11H11ClN2O5. The molecule has 7 nitrogen and oxygen atoms in total. The van der Waals surface area contributed by atoms with Gasteiger partial charge in [-0.25, -0.2) is 0 Å². The molecule has 0 aromatic heterocycles. The second-order valence-electron chi connectivity index (χ2n) is 3.79. The van der Waals surface area contributed by atoms with Crippen molar-refractivity contribution in [2.24, 2.45) is 0 Å². The largest absolute Gasteiger partial charge is 0.481 e. The molecule has 0 saturated carbocycles. The molecule has 0 aliphatic carbocycles. The normalized spacial score (nSPS) is 10.0. The number of halogens is 1. The molecule has 0 radical (unpaired) electrons. The molecule has 1 N–H and O–H groups in total. The molecule has 1 aromatic rings. The maximum Gasteiger partial charge on any atom is 0.305 e. The fraction of sp³-hybridized carbons (Fsp3) is 0.273. The summed E-state index contributed by atoms with van der Waals surface area (Å²) in [6.07, 6.45) is -0.188. The van der Waals surface area contributed by atoms with Crippen molar-refractivity contribution < 1.29 is 19.6 Å². The molecule has 1 amide bonds. The van der Waals surface area contributed by atoms with Crippen LogP contribution in [0.15, 0.2) is 18.2 Å². The first kappa shape index (κ1) is 14.9. The predicted molar refractivity (Wildman–Crippen MR) is 67.3 cm³/mol. The summed E-state index contributed by atoms with van der Waals surface area (Å²) in [6.45, 7) is 0.0292. The first-order valence-corrected chi connectivity index (χ1v) is 5.62. The van der Waals surface area contributed by atoms with Crippen LogP contribution in [0.25, 0.3) is 0 Å². The van der Waals surface area contributed by atoms with Gasteiger partial charge in [0, 0.05) is 25.7 Å². The third-order valence-corrected chi connectivity index (χ3v) is 2.71. The molecule has 8 heteroatoms. The standard InChI is InChI=1S/C11H11ClN2O5/c1-13(5-4-10(15)16)11(17)8-3-2-7(14(18)19)6-9(8)12/h2-3,6H,4-5H2,1H3,(H,15,16). The molecule has 0 heterocycles. The van der Waals surface area contributed by atoms with Crippen LogP contribution in [0.1, 0.15) is 16.8 Å². The number of amides is 1. The fourth-order valence-electron chi connectivity index (χ4n) is 1.36. The number of carbonyl (C=O) groups is 2. The van der Waals surface area contributed by atoms with Gasteiger partial charge >= 0.3 is 5.97 Å². The zero-order chi connectivity index (χ0) is 14.6. The van der Waals surface area contributed by atoms with Crippen molar-refractivity contribution in [3.8, 4) is 0 Å². The topological polar surface area (TPSA) is 101 Å². The highest BCUT2D eigenvalue weighted by Crippen LogP contribution is 2.23. The molecule has 0 saturated heterocycles. The minimum absolute atomic E-state index is 0.0292. The quantitative estimate of drug-likeness (QED) is 0.657. The first-order chi connectivity index (χ1) is 8.82. The highest BCUT2D eigenvalue weighted by atomic mass is 35.5. The molecule has 0 atom stereocenters. The second-order valence-corrected chi connectivity index (χ2v) is 4.20. The molecule has 0 aliphatic rings. The van der Waals surface area contributed by atoms with E-state index in [-0.39, 0.29) is 29.2 Å². The summed E-state index contributed by atoms with van der Waals surface area (Å²) in [5.41, 5.74) is -0.116. The molecule has 1 aromatic carbocycles. The van der Waals surface area contributed by atoms with Crippen LogP contribution in [0.2, 0.25) is 5.02 Å². The Balaban J connectivity index is 2.88. The van der Waals surface area contributed by atoms with Gasteiger partial charge in [-0.3, -0.25) is 19.7 Å². The van der Waals surface area contributed by atoms with E-state index in [1.807, 2.05) is 0 Å². The molecule has 1 rings (SSSR count). The van der Waals surface area contributed by atoms with Gasteiger partial charge in [-0.1, -0.05) is 11.6 Å². The van der Waals surface area contributed by atoms with E-state index in [0.29, 0.717) is 0 Å². The highest BCUT2D eigenvalue weighted by Gasteiger charge is 2.18. The molecule has 102 valence electrons. The number of aliphatic carboxylic acids is 1. The Morgan fingerprint density at radius 2 is 2.11 bits per heavy atom. The Kier molecular flexibility index (Phi) is 4.82. The number of carbonyl (C=O) groups excluding carboxylic acids is 1. The smallest absolute Gasteiger partial charge is 0.305 e. The van der Waals surface area contributed by atoms with Gasteiger partial charge in [-0.05, 0) is 6.07 Å². The van der Waals surface area contributed by atoms with Crippen LogP contribution in [-0.2, 0) is 4.79 Å². The van der Waals surface area contributed by atoms with Gasteiger partial charge in [0.2, 0.25) is 0 Å². The number of carboxylic acids is 1. The van der Waals surface area contributed by atoms with Gasteiger partial charge < -0.3 is 10.0 Å². The van der Waals surface area contributed by atoms with E-state index >= 15 is 0 Å². The van der Waals surface area contributed by atoms with Gasteiger partial charge in [0.25, 0.3) is 11.6 Å². The summed E-state index contributed by atoms with van der Waals surface area (Å²) in [5.74, 6) is -1.50. The summed E-state index contributed by atoms with van der Waals surface area (Å²) < 4.78 is 0. The average molecular weight is 287 g/mol. The molecule has 0 bridgehead atoms. The van der Waals surface area contributed by atoms with Crippen LogP contribution in [0.3, 0.4) is 0 Å². The summed E-state index contributed by atoms with van der Waals surface area (Å²) in [6, 6.07) is 3.50. The Morgan fingerprint density at radius 3 is 2.58 bits per heavy atom. The van der Waals surface area contributed by atoms with Gasteiger partial charge in [0.05, 0.1) is 21.9 Å². The van der Waals surface area contributed by atoms with Gasteiger partial charge in [-0.15, -0.1) is 0 Å². The van der Waals surface area contributed by atoms with Crippen molar-refractivity contribution >= 4 is 29.2 Å². The van der Waals surface area contributed by atoms with Gasteiger partial charge in [0.15, 0.2) is 0 Å². The monoisotopic (exact) mass is 286 g/mol. The minimum Gasteiger partial charge on any atom is -0.481 e. The lowest BCUT2D eigenvalue weighted by Gasteiger charge is -2.16. The lowest BCUT2D eigenvalue weighted by Crippen LogP contribution is -2.29. The van der Waals surface area contributed by atoms with Crippen molar-refractivity contribution in [3.63, 3.8) is 0 Å². The summed E-state index contributed by atoms with van der Waals surface area (Å²) in [5, 5.41) is 19.0. The molecule has 0 spiro atoms. The van der Waals surface area contributed by atoms with Crippen molar-refractivity contribution in [1.29, 1.82) is 0 Å². The Bertz CT molecular complexity index is 532. The number of carboxylic acid groups (broad SMARTS) is 1. The predicted octanol–water partition coefficient (Wildman–Crippen LogP) is 1.79. The minimum atomic E-state index is -1.02. The van der Waals surface area contributed by atoms with E-state index in [4.69, 9.17) is 16.7 Å². The molecule has 0 fully saturated rings. The summed E-state index contributed by atoms with van der Waals surface area (Å²) in [7, 11) is 1.43. The number of benzene rings is 1. The van der Waals surface area contributed by atoms with Crippen LogP contribution in [0.4, 0.5) is 5.69 Å². The van der Waals surface area contributed by atoms with Crippen LogP contribution in [0.5, 0.6) is 0 Å². The van der Waals surface area contributed by atoms with E-state index in [2.05, 4.69) is 0 Å². The van der Waals surface area contributed by atoms with E-state index in [9.17, 15) is 19.7 Å². The molecule has 0 aliphatic heterocycles. The lowest BCUT2D eigenvalue weighted by atomic mass is 10.2. The van der Waals surface area contributed by atoms with E-state index in [1.54, 1.807) is 0 Å². The van der Waals surface area contributed by atoms with Gasteiger partial charge in [-0.2, -0.15) is 0 Å². The zero-order valence-electron chi connectivity index (χ0n) is 10.00. The van der Waals surface area contributed by atoms with Crippen molar-refractivity contribution in [2.75, 3.05) is 13.6 Å². The van der Waals surface area contributed by atoms with Crippen LogP contribution >= 0.6 is 11.6 Å². The SMILES string of the molecule is CN(CCC(=O)O)C(=O)c1ccc([N+](=O)[O-])cc1Cl. The number of non-ortho nitro benzene ring substituents is 1. The lowest BCUT2D eigenvalue weighted by molar-refractivity contribution is -0.384. The number of nitrogens with zero attached hydrogens (tertiary/aromatic N) is 2. The maximum atomic E-state index is 11.9. The van der Waals surface area contributed by atoms with Crippen molar-refractivity contribution in [3.05, 3.63) is 38.9 Å². The average Bonchev–Trinajstić information content (AvgIpc) is 2.34. The third kappa shape index (κ3) is 3.92. The molecule has 19 heavy (non-hydrogen) atoms. The summed E-state index contributed by atoms with van der Waals surface area (Å²) in [4.78, 5) is 33.5. The van der Waals surface area contributed by atoms with E-state index in [1.165, 1.54) is 24.1 Å². The number of rotatable bonds is 5. The number of nitro groups is 1. The van der Waals surface area contributed by atoms with Crippen molar-refractivity contribution in [1.82, 2.24) is 4.90 Å². The second kappa shape index (κ2) is 6.14.